The molecule has 0 spiro atoms. The first kappa shape index (κ1) is 10.9. The normalized spacial score (nSPS) is 10.1. The summed E-state index contributed by atoms with van der Waals surface area (Å²) in [5.74, 6) is 0.0830. The first-order valence-electron chi connectivity index (χ1n) is 4.85. The van der Waals surface area contributed by atoms with Gasteiger partial charge >= 0.3 is 0 Å². The summed E-state index contributed by atoms with van der Waals surface area (Å²) in [5, 5.41) is 6.18. The number of amides is 1. The summed E-state index contributed by atoms with van der Waals surface area (Å²) in [6.07, 6.45) is 1.19. The van der Waals surface area contributed by atoms with Crippen molar-refractivity contribution in [3.63, 3.8) is 0 Å². The fraction of sp³-hybridized carbons (Fsp3) is 0.100. The van der Waals surface area contributed by atoms with Crippen LogP contribution in [0.5, 0.6) is 0 Å². The molecule has 0 atom stereocenters. The van der Waals surface area contributed by atoms with Crippen LogP contribution in [0, 0.1) is 0 Å². The molecule has 88 valence electrons. The number of carbonyl (C=O) groups is 1. The molecule has 2 rings (SSSR count). The summed E-state index contributed by atoms with van der Waals surface area (Å²) < 4.78 is 4.54. The molecular weight excluding hydrogens is 222 g/mol. The van der Waals surface area contributed by atoms with Crippen LogP contribution >= 0.6 is 0 Å². The van der Waals surface area contributed by atoms with Gasteiger partial charge in [-0.25, -0.2) is 0 Å². The molecular formula is C10H11N5O2. The highest BCUT2D eigenvalue weighted by molar-refractivity contribution is 5.99. The second-order valence-corrected chi connectivity index (χ2v) is 3.38. The lowest BCUT2D eigenvalue weighted by atomic mass is 10.1. The zero-order valence-electron chi connectivity index (χ0n) is 8.88. The maximum absolute atomic E-state index is 11.8. The Hall–Kier alpha value is -2.57. The Kier molecular flexibility index (Phi) is 2.91. The van der Waals surface area contributed by atoms with Gasteiger partial charge < -0.3 is 21.3 Å². The molecule has 1 amide bonds. The van der Waals surface area contributed by atoms with Crippen molar-refractivity contribution in [1.29, 1.82) is 0 Å². The van der Waals surface area contributed by atoms with Gasteiger partial charge in [-0.3, -0.25) is 4.79 Å². The zero-order valence-corrected chi connectivity index (χ0v) is 8.88. The number of benzene rings is 1. The number of carbonyl (C=O) groups excluding carboxylic acids is 1. The molecule has 1 aromatic carbocycles. The van der Waals surface area contributed by atoms with E-state index in [1.165, 1.54) is 12.5 Å². The Labute approximate surface area is 96.8 Å². The van der Waals surface area contributed by atoms with Gasteiger partial charge in [-0.05, 0) is 18.2 Å². The number of nitrogens with two attached hydrogens (primary N) is 2. The van der Waals surface area contributed by atoms with E-state index in [2.05, 4.69) is 20.0 Å². The minimum absolute atomic E-state index is 0.180. The standard InChI is InChI=1S/C10H11N5O2/c11-6-1-2-7(8(12)3-6)10(16)13-4-9-14-5-17-15-9/h1-3,5H,4,11-12H2,(H,13,16). The molecule has 17 heavy (non-hydrogen) atoms. The molecule has 7 heteroatoms. The maximum Gasteiger partial charge on any atom is 0.253 e. The van der Waals surface area contributed by atoms with Gasteiger partial charge in [-0.15, -0.1) is 0 Å². The molecule has 0 aliphatic heterocycles. The summed E-state index contributed by atoms with van der Waals surface area (Å²) in [4.78, 5) is 15.5. The second-order valence-electron chi connectivity index (χ2n) is 3.38. The van der Waals surface area contributed by atoms with Crippen LogP contribution in [0.2, 0.25) is 0 Å². The van der Waals surface area contributed by atoms with Crippen molar-refractivity contribution in [3.8, 4) is 0 Å². The molecule has 0 fully saturated rings. The first-order valence-corrected chi connectivity index (χ1v) is 4.85. The van der Waals surface area contributed by atoms with Crippen LogP contribution in [0.4, 0.5) is 11.4 Å². The smallest absolute Gasteiger partial charge is 0.253 e. The Morgan fingerprint density at radius 1 is 1.41 bits per heavy atom. The first-order chi connectivity index (χ1) is 8.16. The van der Waals surface area contributed by atoms with Crippen molar-refractivity contribution in [2.24, 2.45) is 0 Å². The lowest BCUT2D eigenvalue weighted by molar-refractivity contribution is 0.0950. The zero-order chi connectivity index (χ0) is 12.3. The fourth-order valence-electron chi connectivity index (χ4n) is 1.31. The number of nitrogen functional groups attached to an aromatic ring is 2. The van der Waals surface area contributed by atoms with E-state index in [-0.39, 0.29) is 12.5 Å². The van der Waals surface area contributed by atoms with E-state index in [0.29, 0.717) is 22.8 Å². The molecule has 1 aromatic heterocycles. The molecule has 0 saturated carbocycles. The van der Waals surface area contributed by atoms with E-state index in [4.69, 9.17) is 11.5 Å². The molecule has 0 radical (unpaired) electrons. The third-order valence-corrected chi connectivity index (χ3v) is 2.13. The number of anilines is 2. The van der Waals surface area contributed by atoms with Gasteiger partial charge in [0.25, 0.3) is 5.91 Å². The number of aromatic nitrogens is 2. The monoisotopic (exact) mass is 233 g/mol. The van der Waals surface area contributed by atoms with Crippen LogP contribution in [0.25, 0.3) is 0 Å². The quantitative estimate of drug-likeness (QED) is 0.649. The average molecular weight is 233 g/mol. The topological polar surface area (TPSA) is 120 Å². The third kappa shape index (κ3) is 2.51. The van der Waals surface area contributed by atoms with Crippen LogP contribution in [0.3, 0.4) is 0 Å². The molecule has 5 N–H and O–H groups in total. The fourth-order valence-corrected chi connectivity index (χ4v) is 1.31. The van der Waals surface area contributed by atoms with Crippen molar-refractivity contribution in [2.45, 2.75) is 6.54 Å². The summed E-state index contributed by atoms with van der Waals surface area (Å²) in [6.45, 7) is 0.180. The third-order valence-electron chi connectivity index (χ3n) is 2.13. The van der Waals surface area contributed by atoms with Crippen LogP contribution in [-0.2, 0) is 6.54 Å². The molecule has 0 aliphatic carbocycles. The molecule has 7 nitrogen and oxygen atoms in total. The minimum atomic E-state index is -0.313. The number of nitrogens with one attached hydrogen (secondary N) is 1. The molecule has 0 aliphatic rings. The van der Waals surface area contributed by atoms with Crippen molar-refractivity contribution in [2.75, 3.05) is 11.5 Å². The summed E-state index contributed by atoms with van der Waals surface area (Å²) in [7, 11) is 0. The summed E-state index contributed by atoms with van der Waals surface area (Å²) >= 11 is 0. The van der Waals surface area contributed by atoms with Gasteiger partial charge in [-0.1, -0.05) is 5.16 Å². The molecule has 0 bridgehead atoms. The Morgan fingerprint density at radius 2 is 2.24 bits per heavy atom. The van der Waals surface area contributed by atoms with Crippen LogP contribution in [0.15, 0.2) is 29.1 Å². The van der Waals surface area contributed by atoms with Gasteiger partial charge in [0.15, 0.2) is 5.82 Å². The SMILES string of the molecule is Nc1ccc(C(=O)NCc2ncon2)c(N)c1. The van der Waals surface area contributed by atoms with Crippen LogP contribution in [0.1, 0.15) is 16.2 Å². The number of rotatable bonds is 3. The highest BCUT2D eigenvalue weighted by Crippen LogP contribution is 2.15. The van der Waals surface area contributed by atoms with Crippen LogP contribution in [-0.4, -0.2) is 16.0 Å². The summed E-state index contributed by atoms with van der Waals surface area (Å²) in [6, 6.07) is 4.71. The van der Waals surface area contributed by atoms with Gasteiger partial charge in [0, 0.05) is 11.4 Å². The van der Waals surface area contributed by atoms with Gasteiger partial charge in [0.2, 0.25) is 6.39 Å². The highest BCUT2D eigenvalue weighted by Gasteiger charge is 2.10. The van der Waals surface area contributed by atoms with E-state index in [1.807, 2.05) is 0 Å². The largest absolute Gasteiger partial charge is 0.399 e. The predicted octanol–water partition coefficient (Wildman–Crippen LogP) is 0.164. The summed E-state index contributed by atoms with van der Waals surface area (Å²) in [5.41, 5.74) is 12.4. The van der Waals surface area contributed by atoms with E-state index >= 15 is 0 Å². The van der Waals surface area contributed by atoms with E-state index in [1.54, 1.807) is 12.1 Å². The molecule has 1 heterocycles. The minimum Gasteiger partial charge on any atom is -0.399 e. The maximum atomic E-state index is 11.8. The number of nitrogens with zero attached hydrogens (tertiary/aromatic N) is 2. The lowest BCUT2D eigenvalue weighted by Gasteiger charge is -2.06. The van der Waals surface area contributed by atoms with E-state index < -0.39 is 0 Å². The Bertz CT molecular complexity index is 523. The average Bonchev–Trinajstić information content (AvgIpc) is 2.78. The highest BCUT2D eigenvalue weighted by atomic mass is 16.5. The van der Waals surface area contributed by atoms with Crippen LogP contribution < -0.4 is 16.8 Å². The second kappa shape index (κ2) is 4.52. The van der Waals surface area contributed by atoms with Crippen molar-refractivity contribution >= 4 is 17.3 Å². The Balaban J connectivity index is 2.04. The van der Waals surface area contributed by atoms with E-state index in [9.17, 15) is 4.79 Å². The molecule has 0 saturated heterocycles. The number of hydrogen-bond acceptors (Lipinski definition) is 6. The number of hydrogen-bond donors (Lipinski definition) is 3. The van der Waals surface area contributed by atoms with E-state index in [0.717, 1.165) is 0 Å². The van der Waals surface area contributed by atoms with Crippen molar-refractivity contribution in [3.05, 3.63) is 36.0 Å². The molecule has 0 unspecified atom stereocenters. The van der Waals surface area contributed by atoms with Gasteiger partial charge in [0.1, 0.15) is 0 Å². The Morgan fingerprint density at radius 3 is 2.88 bits per heavy atom. The van der Waals surface area contributed by atoms with Crippen molar-refractivity contribution in [1.82, 2.24) is 15.5 Å². The lowest BCUT2D eigenvalue weighted by Crippen LogP contribution is -2.24. The predicted molar refractivity (Wildman–Crippen MR) is 60.7 cm³/mol. The van der Waals surface area contributed by atoms with Gasteiger partial charge in [0.05, 0.1) is 12.1 Å². The van der Waals surface area contributed by atoms with Crippen molar-refractivity contribution < 1.29 is 9.32 Å². The van der Waals surface area contributed by atoms with Gasteiger partial charge in [-0.2, -0.15) is 4.98 Å². The molecule has 2 aromatic rings.